The fourth-order valence-electron chi connectivity index (χ4n) is 4.06. The highest BCUT2D eigenvalue weighted by Crippen LogP contribution is 2.24. The average Bonchev–Trinajstić information content (AvgIpc) is 3.27. The van der Waals surface area contributed by atoms with Crippen LogP contribution in [0.2, 0.25) is 0 Å². The van der Waals surface area contributed by atoms with E-state index in [1.807, 2.05) is 29.2 Å². The zero-order valence-corrected chi connectivity index (χ0v) is 16.1. The maximum atomic E-state index is 12.4. The van der Waals surface area contributed by atoms with Gasteiger partial charge < -0.3 is 14.1 Å². The number of piperidine rings is 2. The number of likely N-dealkylation sites (tertiary alicyclic amines) is 2. The van der Waals surface area contributed by atoms with Gasteiger partial charge in [0.2, 0.25) is 5.91 Å². The molecule has 0 atom stereocenters. The Morgan fingerprint density at radius 2 is 1.82 bits per heavy atom. The highest BCUT2D eigenvalue weighted by Gasteiger charge is 2.29. The second kappa shape index (κ2) is 9.06. The maximum absolute atomic E-state index is 12.4. The van der Waals surface area contributed by atoms with Gasteiger partial charge in [-0.15, -0.1) is 0 Å². The van der Waals surface area contributed by atoms with Crippen LogP contribution in [0, 0.1) is 0 Å². The minimum Gasteiger partial charge on any atom is -0.490 e. The third-order valence-corrected chi connectivity index (χ3v) is 5.65. The minimum atomic E-state index is 0.0688. The fourth-order valence-corrected chi connectivity index (χ4v) is 4.06. The molecule has 2 aromatic heterocycles. The summed E-state index contributed by atoms with van der Waals surface area (Å²) in [5.74, 6) is 1.68. The van der Waals surface area contributed by atoms with Crippen molar-refractivity contribution in [3.63, 3.8) is 0 Å². The van der Waals surface area contributed by atoms with E-state index < -0.39 is 0 Å². The van der Waals surface area contributed by atoms with Crippen LogP contribution >= 0.6 is 0 Å². The molecular formula is C22H27N3O3. The number of rotatable bonds is 5. The largest absolute Gasteiger partial charge is 0.490 e. The smallest absolute Gasteiger partial charge is 0.246 e. The lowest BCUT2D eigenvalue weighted by Gasteiger charge is -2.41. The van der Waals surface area contributed by atoms with Crippen LogP contribution in [0.25, 0.3) is 6.08 Å². The van der Waals surface area contributed by atoms with Crippen LogP contribution in [0.5, 0.6) is 5.75 Å². The Morgan fingerprint density at radius 3 is 2.50 bits per heavy atom. The number of aromatic nitrogens is 1. The van der Waals surface area contributed by atoms with E-state index in [1.165, 1.54) is 0 Å². The summed E-state index contributed by atoms with van der Waals surface area (Å²) >= 11 is 0. The first-order valence-corrected chi connectivity index (χ1v) is 10.1. The predicted molar refractivity (Wildman–Crippen MR) is 107 cm³/mol. The number of nitrogens with zero attached hydrogens (tertiary/aromatic N) is 3. The van der Waals surface area contributed by atoms with Crippen LogP contribution in [0.3, 0.4) is 0 Å². The van der Waals surface area contributed by atoms with E-state index in [2.05, 4.69) is 9.88 Å². The second-order valence-electron chi connectivity index (χ2n) is 7.44. The SMILES string of the molecule is O=C(C=Cc1ccco1)N1CCC(N2CCC(Oc3ccncc3)CC2)CC1. The molecule has 2 saturated heterocycles. The number of pyridine rings is 1. The number of amides is 1. The van der Waals surface area contributed by atoms with Crippen LogP contribution in [-0.2, 0) is 4.79 Å². The number of hydrogen-bond acceptors (Lipinski definition) is 5. The standard InChI is InChI=1S/C22H27N3O3/c26-22(4-3-19-2-1-17-27-19)25-13-7-18(8-14-25)24-15-9-21(10-16-24)28-20-5-11-23-12-6-20/h1-6,11-12,17-18,21H,7-10,13-16H2. The van der Waals surface area contributed by atoms with Crippen molar-refractivity contribution >= 4 is 12.0 Å². The van der Waals surface area contributed by atoms with Gasteiger partial charge in [-0.1, -0.05) is 0 Å². The first kappa shape index (κ1) is 18.7. The van der Waals surface area contributed by atoms with E-state index in [-0.39, 0.29) is 12.0 Å². The molecule has 6 heteroatoms. The molecule has 0 aliphatic carbocycles. The van der Waals surface area contributed by atoms with Gasteiger partial charge in [-0.05, 0) is 56.0 Å². The van der Waals surface area contributed by atoms with Crippen LogP contribution in [-0.4, -0.2) is 59.0 Å². The van der Waals surface area contributed by atoms with Gasteiger partial charge >= 0.3 is 0 Å². The Bertz CT molecular complexity index is 760. The molecule has 1 amide bonds. The molecule has 2 aliphatic heterocycles. The van der Waals surface area contributed by atoms with Crippen LogP contribution in [0.15, 0.2) is 53.4 Å². The summed E-state index contributed by atoms with van der Waals surface area (Å²) in [5, 5.41) is 0. The molecular weight excluding hydrogens is 354 g/mol. The average molecular weight is 381 g/mol. The summed E-state index contributed by atoms with van der Waals surface area (Å²) < 4.78 is 11.3. The summed E-state index contributed by atoms with van der Waals surface area (Å²) in [5.41, 5.74) is 0. The molecule has 0 bridgehead atoms. The summed E-state index contributed by atoms with van der Waals surface area (Å²) in [6, 6.07) is 8.07. The Labute approximate surface area is 165 Å². The van der Waals surface area contributed by atoms with Crippen molar-refractivity contribution < 1.29 is 13.9 Å². The van der Waals surface area contributed by atoms with Gasteiger partial charge in [0.1, 0.15) is 17.6 Å². The molecule has 4 rings (SSSR count). The predicted octanol–water partition coefficient (Wildman–Crippen LogP) is 3.22. The van der Waals surface area contributed by atoms with Gasteiger partial charge in [0.15, 0.2) is 0 Å². The van der Waals surface area contributed by atoms with Crippen molar-refractivity contribution in [2.24, 2.45) is 0 Å². The minimum absolute atomic E-state index is 0.0688. The van der Waals surface area contributed by atoms with Gasteiger partial charge in [-0.3, -0.25) is 14.7 Å². The Kier molecular flexibility index (Phi) is 6.07. The lowest BCUT2D eigenvalue weighted by Crippen LogP contribution is -2.49. The van der Waals surface area contributed by atoms with Gasteiger partial charge in [0.25, 0.3) is 0 Å². The molecule has 0 unspecified atom stereocenters. The molecule has 2 fully saturated rings. The third-order valence-electron chi connectivity index (χ3n) is 5.65. The molecule has 2 aromatic rings. The molecule has 0 radical (unpaired) electrons. The highest BCUT2D eigenvalue weighted by atomic mass is 16.5. The number of furan rings is 1. The van der Waals surface area contributed by atoms with E-state index in [0.29, 0.717) is 11.8 Å². The first-order chi connectivity index (χ1) is 13.8. The van der Waals surface area contributed by atoms with E-state index in [4.69, 9.17) is 9.15 Å². The van der Waals surface area contributed by atoms with Crippen molar-refractivity contribution in [1.82, 2.24) is 14.8 Å². The molecule has 0 aromatic carbocycles. The fraction of sp³-hybridized carbons (Fsp3) is 0.455. The van der Waals surface area contributed by atoms with E-state index in [1.54, 1.807) is 30.8 Å². The Hall–Kier alpha value is -2.60. The Balaban J connectivity index is 1.20. The van der Waals surface area contributed by atoms with Crippen LogP contribution in [0.1, 0.15) is 31.4 Å². The van der Waals surface area contributed by atoms with Crippen molar-refractivity contribution in [3.8, 4) is 5.75 Å². The van der Waals surface area contributed by atoms with Crippen LogP contribution < -0.4 is 4.74 Å². The Morgan fingerprint density at radius 1 is 1.07 bits per heavy atom. The summed E-state index contributed by atoms with van der Waals surface area (Å²) in [4.78, 5) is 20.9. The maximum Gasteiger partial charge on any atom is 0.246 e. The number of carbonyl (C=O) groups is 1. The summed E-state index contributed by atoms with van der Waals surface area (Å²) in [7, 11) is 0. The van der Waals surface area contributed by atoms with E-state index in [0.717, 1.165) is 57.6 Å². The second-order valence-corrected chi connectivity index (χ2v) is 7.44. The molecule has 0 saturated carbocycles. The summed E-state index contributed by atoms with van der Waals surface area (Å²) in [6.07, 6.45) is 13.0. The topological polar surface area (TPSA) is 58.8 Å². The molecule has 6 nitrogen and oxygen atoms in total. The molecule has 4 heterocycles. The third kappa shape index (κ3) is 4.81. The molecule has 2 aliphatic rings. The zero-order valence-electron chi connectivity index (χ0n) is 16.1. The van der Waals surface area contributed by atoms with Crippen molar-refractivity contribution in [3.05, 3.63) is 54.8 Å². The normalized spacial score (nSPS) is 19.9. The lowest BCUT2D eigenvalue weighted by atomic mass is 9.98. The summed E-state index contributed by atoms with van der Waals surface area (Å²) in [6.45, 7) is 3.76. The quantitative estimate of drug-likeness (QED) is 0.745. The zero-order chi connectivity index (χ0) is 19.2. The van der Waals surface area contributed by atoms with E-state index >= 15 is 0 Å². The van der Waals surface area contributed by atoms with Gasteiger partial charge in [-0.2, -0.15) is 0 Å². The molecule has 148 valence electrons. The molecule has 28 heavy (non-hydrogen) atoms. The van der Waals surface area contributed by atoms with Crippen molar-refractivity contribution in [2.75, 3.05) is 26.2 Å². The van der Waals surface area contributed by atoms with Crippen molar-refractivity contribution in [2.45, 2.75) is 37.8 Å². The molecule has 0 N–H and O–H groups in total. The number of carbonyl (C=O) groups excluding carboxylic acids is 1. The van der Waals surface area contributed by atoms with Crippen molar-refractivity contribution in [1.29, 1.82) is 0 Å². The number of ether oxygens (including phenoxy) is 1. The molecule has 0 spiro atoms. The van der Waals surface area contributed by atoms with Gasteiger partial charge in [-0.25, -0.2) is 0 Å². The first-order valence-electron chi connectivity index (χ1n) is 10.1. The lowest BCUT2D eigenvalue weighted by molar-refractivity contribution is -0.127. The van der Waals surface area contributed by atoms with Gasteiger partial charge in [0, 0.05) is 50.7 Å². The highest BCUT2D eigenvalue weighted by molar-refractivity contribution is 5.91. The monoisotopic (exact) mass is 381 g/mol. The number of hydrogen-bond donors (Lipinski definition) is 0. The van der Waals surface area contributed by atoms with Crippen LogP contribution in [0.4, 0.5) is 0 Å². The van der Waals surface area contributed by atoms with E-state index in [9.17, 15) is 4.79 Å². The van der Waals surface area contributed by atoms with Gasteiger partial charge in [0.05, 0.1) is 6.26 Å².